The first kappa shape index (κ1) is 10.3. The summed E-state index contributed by atoms with van der Waals surface area (Å²) in [5, 5.41) is 1.10. The van der Waals surface area contributed by atoms with E-state index in [1.807, 2.05) is 0 Å². The summed E-state index contributed by atoms with van der Waals surface area (Å²) < 4.78 is 0. The molecule has 1 aliphatic rings. The molecule has 1 fully saturated rings. The molecular weight excluding hydrogens is 212 g/mol. The van der Waals surface area contributed by atoms with Crippen molar-refractivity contribution in [1.82, 2.24) is 0 Å². The zero-order chi connectivity index (χ0) is 8.81. The van der Waals surface area contributed by atoms with Crippen molar-refractivity contribution in [3.63, 3.8) is 0 Å². The van der Waals surface area contributed by atoms with Gasteiger partial charge in [0.2, 0.25) is 0 Å². The molecule has 1 rings (SSSR count). The molecule has 0 radical (unpaired) electrons. The van der Waals surface area contributed by atoms with Gasteiger partial charge in [-0.15, -0.1) is 0 Å². The van der Waals surface area contributed by atoms with E-state index in [-0.39, 0.29) is 0 Å². The Morgan fingerprint density at radius 2 is 2.25 bits per heavy atom. The molecule has 1 saturated carbocycles. The second-order valence-electron chi connectivity index (χ2n) is 3.94. The van der Waals surface area contributed by atoms with Crippen molar-refractivity contribution in [1.29, 1.82) is 0 Å². The highest BCUT2D eigenvalue weighted by Gasteiger charge is 2.15. The molecule has 2 atom stereocenters. The second-order valence-corrected chi connectivity index (χ2v) is 4.73. The number of hydrogen-bond acceptors (Lipinski definition) is 0. The van der Waals surface area contributed by atoms with Crippen LogP contribution in [0.3, 0.4) is 0 Å². The van der Waals surface area contributed by atoms with Gasteiger partial charge in [0.25, 0.3) is 0 Å². The Kier molecular flexibility index (Phi) is 4.98. The highest BCUT2D eigenvalue weighted by atomic mass is 79.9. The highest BCUT2D eigenvalue weighted by molar-refractivity contribution is 9.09. The second kappa shape index (κ2) is 5.80. The van der Waals surface area contributed by atoms with Gasteiger partial charge in [0.1, 0.15) is 0 Å². The minimum Gasteiger partial charge on any atom is -0.0925 e. The van der Waals surface area contributed by atoms with Gasteiger partial charge in [0.15, 0.2) is 0 Å². The fourth-order valence-electron chi connectivity index (χ4n) is 2.01. The van der Waals surface area contributed by atoms with Crippen LogP contribution in [0.15, 0.2) is 12.2 Å². The normalized spacial score (nSPS) is 31.2. The van der Waals surface area contributed by atoms with E-state index in [2.05, 4.69) is 35.0 Å². The van der Waals surface area contributed by atoms with Crippen LogP contribution in [0.25, 0.3) is 0 Å². The van der Waals surface area contributed by atoms with Crippen LogP contribution < -0.4 is 0 Å². The van der Waals surface area contributed by atoms with Crippen molar-refractivity contribution >= 4 is 15.9 Å². The molecule has 0 heterocycles. The van der Waals surface area contributed by atoms with Crippen LogP contribution in [0.5, 0.6) is 0 Å². The van der Waals surface area contributed by atoms with Crippen molar-refractivity contribution in [2.45, 2.75) is 39.0 Å². The zero-order valence-electron chi connectivity index (χ0n) is 7.93. The molecule has 1 heteroatoms. The molecule has 0 amide bonds. The summed E-state index contributed by atoms with van der Waals surface area (Å²) in [5.74, 6) is 1.84. The molecule has 0 saturated heterocycles. The third-order valence-electron chi connectivity index (χ3n) is 2.66. The van der Waals surface area contributed by atoms with E-state index >= 15 is 0 Å². The first-order valence-corrected chi connectivity index (χ1v) is 6.17. The lowest BCUT2D eigenvalue weighted by Crippen LogP contribution is -2.10. The predicted octanol–water partition coefficient (Wildman–Crippen LogP) is 4.15. The molecule has 1 aliphatic carbocycles. The van der Waals surface area contributed by atoms with Gasteiger partial charge >= 0.3 is 0 Å². The van der Waals surface area contributed by atoms with Crippen molar-refractivity contribution in [3.8, 4) is 0 Å². The van der Waals surface area contributed by atoms with Gasteiger partial charge in [-0.3, -0.25) is 0 Å². The van der Waals surface area contributed by atoms with Crippen molar-refractivity contribution in [2.24, 2.45) is 11.8 Å². The van der Waals surface area contributed by atoms with Gasteiger partial charge in [-0.25, -0.2) is 0 Å². The van der Waals surface area contributed by atoms with Crippen molar-refractivity contribution in [2.75, 3.05) is 5.33 Å². The number of rotatable bonds is 3. The minimum atomic E-state index is 0.882. The molecule has 0 aromatic heterocycles. The van der Waals surface area contributed by atoms with Crippen molar-refractivity contribution in [3.05, 3.63) is 12.2 Å². The standard InChI is InChI=1S/C11H19Br/c1-10-5-4-7-11(9-10)6-2-3-8-12/h2,6,10-11H,3-5,7-9H2,1H3/b6-2+. The van der Waals surface area contributed by atoms with Crippen molar-refractivity contribution < 1.29 is 0 Å². The molecule has 0 bridgehead atoms. The third kappa shape index (κ3) is 3.75. The number of alkyl halides is 1. The van der Waals surface area contributed by atoms with E-state index in [4.69, 9.17) is 0 Å². The molecular formula is C11H19Br. The Labute approximate surface area is 84.6 Å². The Balaban J connectivity index is 2.22. The maximum absolute atomic E-state index is 3.43. The van der Waals surface area contributed by atoms with Crippen LogP contribution in [0.2, 0.25) is 0 Å². The van der Waals surface area contributed by atoms with E-state index < -0.39 is 0 Å². The summed E-state index contributed by atoms with van der Waals surface area (Å²) in [5.41, 5.74) is 0. The lowest BCUT2D eigenvalue weighted by Gasteiger charge is -2.24. The Hall–Kier alpha value is 0.220. The first-order valence-electron chi connectivity index (χ1n) is 5.05. The molecule has 0 aromatic carbocycles. The largest absolute Gasteiger partial charge is 0.0925 e. The minimum absolute atomic E-state index is 0.882. The van der Waals surface area contributed by atoms with Gasteiger partial charge in [0, 0.05) is 5.33 Å². The molecule has 70 valence electrons. The van der Waals surface area contributed by atoms with E-state index in [9.17, 15) is 0 Å². The summed E-state index contributed by atoms with van der Waals surface area (Å²) >= 11 is 3.43. The van der Waals surface area contributed by atoms with Gasteiger partial charge in [-0.1, -0.05) is 47.8 Å². The lowest BCUT2D eigenvalue weighted by molar-refractivity contribution is 0.325. The van der Waals surface area contributed by atoms with E-state index in [0.29, 0.717) is 0 Å². The molecule has 0 N–H and O–H groups in total. The van der Waals surface area contributed by atoms with Gasteiger partial charge < -0.3 is 0 Å². The monoisotopic (exact) mass is 230 g/mol. The maximum atomic E-state index is 3.43. The molecule has 2 unspecified atom stereocenters. The predicted molar refractivity (Wildman–Crippen MR) is 58.7 cm³/mol. The lowest BCUT2D eigenvalue weighted by atomic mass is 9.82. The first-order chi connectivity index (χ1) is 5.83. The number of hydrogen-bond donors (Lipinski definition) is 0. The fraction of sp³-hybridized carbons (Fsp3) is 0.818. The summed E-state index contributed by atoms with van der Waals surface area (Å²) in [6, 6.07) is 0. The average molecular weight is 231 g/mol. The SMILES string of the molecule is CC1CCCC(/C=C/CCBr)C1. The van der Waals surface area contributed by atoms with Crippen LogP contribution in [-0.4, -0.2) is 5.33 Å². The molecule has 12 heavy (non-hydrogen) atoms. The fourth-order valence-corrected chi connectivity index (χ4v) is 2.27. The van der Waals surface area contributed by atoms with Gasteiger partial charge in [-0.2, -0.15) is 0 Å². The topological polar surface area (TPSA) is 0 Å². The molecule has 0 aromatic rings. The Bertz CT molecular complexity index is 140. The Morgan fingerprint density at radius 3 is 2.92 bits per heavy atom. The maximum Gasteiger partial charge on any atom is 0.00659 e. The molecule has 0 spiro atoms. The van der Waals surface area contributed by atoms with E-state index in [0.717, 1.165) is 17.2 Å². The van der Waals surface area contributed by atoms with E-state index in [1.165, 1.54) is 32.1 Å². The Morgan fingerprint density at radius 1 is 1.42 bits per heavy atom. The van der Waals surface area contributed by atoms with Crippen LogP contribution in [0.4, 0.5) is 0 Å². The average Bonchev–Trinajstić information content (AvgIpc) is 2.05. The molecule has 0 aliphatic heterocycles. The van der Waals surface area contributed by atoms with Gasteiger partial charge in [-0.05, 0) is 31.1 Å². The summed E-state index contributed by atoms with van der Waals surface area (Å²) in [7, 11) is 0. The van der Waals surface area contributed by atoms with Crippen LogP contribution >= 0.6 is 15.9 Å². The smallest absolute Gasteiger partial charge is 0.00659 e. The van der Waals surface area contributed by atoms with Crippen LogP contribution in [0, 0.1) is 11.8 Å². The molecule has 0 nitrogen and oxygen atoms in total. The van der Waals surface area contributed by atoms with Crippen LogP contribution in [-0.2, 0) is 0 Å². The number of halogens is 1. The van der Waals surface area contributed by atoms with Crippen LogP contribution in [0.1, 0.15) is 39.0 Å². The third-order valence-corrected chi connectivity index (χ3v) is 3.12. The quantitative estimate of drug-likeness (QED) is 0.505. The van der Waals surface area contributed by atoms with E-state index in [1.54, 1.807) is 0 Å². The van der Waals surface area contributed by atoms with Gasteiger partial charge in [0.05, 0.1) is 0 Å². The summed E-state index contributed by atoms with van der Waals surface area (Å²) in [4.78, 5) is 0. The summed E-state index contributed by atoms with van der Waals surface area (Å²) in [6.07, 6.45) is 11.7. The highest BCUT2D eigenvalue weighted by Crippen LogP contribution is 2.29. The summed E-state index contributed by atoms with van der Waals surface area (Å²) in [6.45, 7) is 2.38. The zero-order valence-corrected chi connectivity index (χ0v) is 9.52. The number of allylic oxidation sites excluding steroid dienone is 2.